The molecule has 0 radical (unpaired) electrons. The van der Waals surface area contributed by atoms with Gasteiger partial charge in [0.1, 0.15) is 5.82 Å². The van der Waals surface area contributed by atoms with E-state index in [0.717, 1.165) is 22.3 Å². The lowest BCUT2D eigenvalue weighted by Crippen LogP contribution is -2.28. The van der Waals surface area contributed by atoms with Crippen LogP contribution in [0.25, 0.3) is 0 Å². The molecule has 0 aliphatic carbocycles. The smallest absolute Gasteiger partial charge is 0.259 e. The van der Waals surface area contributed by atoms with E-state index in [2.05, 4.69) is 4.98 Å². The van der Waals surface area contributed by atoms with Gasteiger partial charge in [-0.3, -0.25) is 9.69 Å². The molecular weight excluding hydrogens is 250 g/mol. The zero-order chi connectivity index (χ0) is 14.9. The van der Waals surface area contributed by atoms with Crippen LogP contribution < -0.4 is 10.6 Å². The van der Waals surface area contributed by atoms with Crippen molar-refractivity contribution in [2.75, 3.05) is 17.7 Å². The van der Waals surface area contributed by atoms with Gasteiger partial charge < -0.3 is 5.73 Å². The number of hydrogen-bond donors (Lipinski definition) is 1. The third-order valence-electron chi connectivity index (χ3n) is 3.31. The van der Waals surface area contributed by atoms with Gasteiger partial charge in [0.2, 0.25) is 0 Å². The van der Waals surface area contributed by atoms with Gasteiger partial charge in [-0.15, -0.1) is 0 Å². The summed E-state index contributed by atoms with van der Waals surface area (Å²) < 4.78 is 0. The number of carbonyl (C=O) groups is 1. The van der Waals surface area contributed by atoms with Crippen LogP contribution in [0.3, 0.4) is 0 Å². The van der Waals surface area contributed by atoms with Crippen LogP contribution >= 0.6 is 0 Å². The second-order valence-electron chi connectivity index (χ2n) is 5.09. The van der Waals surface area contributed by atoms with E-state index < -0.39 is 0 Å². The van der Waals surface area contributed by atoms with Gasteiger partial charge in [-0.05, 0) is 44.0 Å². The summed E-state index contributed by atoms with van der Waals surface area (Å²) in [6.45, 7) is 5.94. The predicted octanol–water partition coefficient (Wildman–Crippen LogP) is 2.87. The Hall–Kier alpha value is -2.36. The Morgan fingerprint density at radius 2 is 1.75 bits per heavy atom. The van der Waals surface area contributed by atoms with Crippen LogP contribution in [0.4, 0.5) is 11.5 Å². The van der Waals surface area contributed by atoms with Crippen molar-refractivity contribution in [1.82, 2.24) is 4.98 Å². The minimum atomic E-state index is -0.0581. The number of nitrogens with zero attached hydrogens (tertiary/aromatic N) is 2. The average Bonchev–Trinajstić information content (AvgIpc) is 2.37. The molecule has 1 amide bonds. The first-order valence-corrected chi connectivity index (χ1v) is 6.47. The Bertz CT molecular complexity index is 624. The summed E-state index contributed by atoms with van der Waals surface area (Å²) in [6.07, 6.45) is 1.55. The fourth-order valence-corrected chi connectivity index (χ4v) is 2.39. The molecule has 2 N–H and O–H groups in total. The second-order valence-corrected chi connectivity index (χ2v) is 5.09. The Kier molecular flexibility index (Phi) is 3.74. The van der Waals surface area contributed by atoms with Crippen LogP contribution in [0.15, 0.2) is 30.5 Å². The summed E-state index contributed by atoms with van der Waals surface area (Å²) in [6, 6.07) is 7.52. The Labute approximate surface area is 119 Å². The van der Waals surface area contributed by atoms with Gasteiger partial charge in [-0.2, -0.15) is 0 Å². The molecule has 1 heterocycles. The molecular formula is C16H19N3O. The summed E-state index contributed by atoms with van der Waals surface area (Å²) in [4.78, 5) is 18.4. The number of rotatable bonds is 2. The Morgan fingerprint density at radius 3 is 2.25 bits per heavy atom. The van der Waals surface area contributed by atoms with Gasteiger partial charge >= 0.3 is 0 Å². The molecule has 0 saturated carbocycles. The number of pyridine rings is 1. The topological polar surface area (TPSA) is 59.2 Å². The molecule has 2 rings (SSSR count). The summed E-state index contributed by atoms with van der Waals surface area (Å²) >= 11 is 0. The molecule has 0 saturated heterocycles. The van der Waals surface area contributed by atoms with Crippen molar-refractivity contribution in [2.45, 2.75) is 20.8 Å². The highest BCUT2D eigenvalue weighted by Crippen LogP contribution is 2.20. The lowest BCUT2D eigenvalue weighted by Gasteiger charge is -2.19. The molecule has 104 valence electrons. The SMILES string of the molecule is Cc1cc(C)c(C(=O)N(C)c2ccc(N)cn2)c(C)c1. The Morgan fingerprint density at radius 1 is 1.15 bits per heavy atom. The first-order valence-electron chi connectivity index (χ1n) is 6.47. The van der Waals surface area contributed by atoms with Gasteiger partial charge in [0, 0.05) is 12.6 Å². The highest BCUT2D eigenvalue weighted by atomic mass is 16.2. The fraction of sp³-hybridized carbons (Fsp3) is 0.250. The van der Waals surface area contributed by atoms with Crippen molar-refractivity contribution in [1.29, 1.82) is 0 Å². The molecule has 1 aromatic heterocycles. The number of benzene rings is 1. The predicted molar refractivity (Wildman–Crippen MR) is 82.0 cm³/mol. The monoisotopic (exact) mass is 269 g/mol. The first kappa shape index (κ1) is 14.1. The number of amides is 1. The number of nitrogens with two attached hydrogens (primary N) is 1. The summed E-state index contributed by atoms with van der Waals surface area (Å²) in [5.41, 5.74) is 10.0. The van der Waals surface area contributed by atoms with E-state index in [9.17, 15) is 4.79 Å². The third kappa shape index (κ3) is 2.64. The zero-order valence-corrected chi connectivity index (χ0v) is 12.3. The molecule has 0 aliphatic heterocycles. The van der Waals surface area contributed by atoms with Gasteiger partial charge in [0.05, 0.1) is 11.9 Å². The quantitative estimate of drug-likeness (QED) is 0.912. The van der Waals surface area contributed by atoms with Crippen molar-refractivity contribution in [3.63, 3.8) is 0 Å². The van der Waals surface area contributed by atoms with E-state index in [1.54, 1.807) is 30.3 Å². The van der Waals surface area contributed by atoms with E-state index in [1.165, 1.54) is 0 Å². The molecule has 1 aromatic carbocycles. The van der Waals surface area contributed by atoms with Gasteiger partial charge in [-0.25, -0.2) is 4.98 Å². The van der Waals surface area contributed by atoms with Crippen molar-refractivity contribution >= 4 is 17.4 Å². The highest BCUT2D eigenvalue weighted by Gasteiger charge is 2.18. The minimum Gasteiger partial charge on any atom is -0.397 e. The lowest BCUT2D eigenvalue weighted by atomic mass is 9.99. The minimum absolute atomic E-state index is 0.0581. The van der Waals surface area contributed by atoms with Gasteiger partial charge in [0.25, 0.3) is 5.91 Å². The molecule has 4 heteroatoms. The second kappa shape index (κ2) is 5.33. The van der Waals surface area contributed by atoms with Crippen LogP contribution in [0, 0.1) is 20.8 Å². The molecule has 20 heavy (non-hydrogen) atoms. The van der Waals surface area contributed by atoms with Crippen LogP contribution in [-0.4, -0.2) is 17.9 Å². The average molecular weight is 269 g/mol. The summed E-state index contributed by atoms with van der Waals surface area (Å²) in [7, 11) is 1.72. The third-order valence-corrected chi connectivity index (χ3v) is 3.31. The number of aromatic nitrogens is 1. The van der Waals surface area contributed by atoms with E-state index in [1.807, 2.05) is 32.9 Å². The number of anilines is 2. The number of aryl methyl sites for hydroxylation is 3. The van der Waals surface area contributed by atoms with Crippen molar-refractivity contribution in [3.8, 4) is 0 Å². The van der Waals surface area contributed by atoms with Gasteiger partial charge in [-0.1, -0.05) is 17.7 Å². The van der Waals surface area contributed by atoms with Crippen molar-refractivity contribution in [2.24, 2.45) is 0 Å². The maximum atomic E-state index is 12.6. The van der Waals surface area contributed by atoms with Crippen LogP contribution in [-0.2, 0) is 0 Å². The summed E-state index contributed by atoms with van der Waals surface area (Å²) in [5.74, 6) is 0.529. The molecule has 0 atom stereocenters. The number of nitrogen functional groups attached to an aromatic ring is 1. The van der Waals surface area contributed by atoms with E-state index >= 15 is 0 Å². The van der Waals surface area contributed by atoms with Crippen LogP contribution in [0.1, 0.15) is 27.0 Å². The molecule has 0 bridgehead atoms. The highest BCUT2D eigenvalue weighted by molar-refractivity contribution is 6.07. The first-order chi connectivity index (χ1) is 9.40. The molecule has 0 fully saturated rings. The van der Waals surface area contributed by atoms with Crippen molar-refractivity contribution < 1.29 is 4.79 Å². The zero-order valence-electron chi connectivity index (χ0n) is 12.3. The normalized spacial score (nSPS) is 10.4. The maximum Gasteiger partial charge on any atom is 0.259 e. The molecule has 2 aromatic rings. The molecule has 0 aliphatic rings. The van der Waals surface area contributed by atoms with E-state index in [0.29, 0.717) is 11.5 Å². The van der Waals surface area contributed by atoms with Gasteiger partial charge in [0.15, 0.2) is 0 Å². The number of carbonyl (C=O) groups excluding carboxylic acids is 1. The molecule has 0 unspecified atom stereocenters. The molecule has 4 nitrogen and oxygen atoms in total. The standard InChI is InChI=1S/C16H19N3O/c1-10-7-11(2)15(12(3)8-10)16(20)19(4)14-6-5-13(17)9-18-14/h5-9H,17H2,1-4H3. The molecule has 0 spiro atoms. The largest absolute Gasteiger partial charge is 0.397 e. The van der Waals surface area contributed by atoms with Crippen LogP contribution in [0.2, 0.25) is 0 Å². The fourth-order valence-electron chi connectivity index (χ4n) is 2.39. The van der Waals surface area contributed by atoms with E-state index in [-0.39, 0.29) is 5.91 Å². The van der Waals surface area contributed by atoms with Crippen molar-refractivity contribution in [3.05, 3.63) is 52.7 Å². The number of hydrogen-bond acceptors (Lipinski definition) is 3. The van der Waals surface area contributed by atoms with Crippen LogP contribution in [0.5, 0.6) is 0 Å². The summed E-state index contributed by atoms with van der Waals surface area (Å²) in [5, 5.41) is 0. The van der Waals surface area contributed by atoms with E-state index in [4.69, 9.17) is 5.73 Å². The lowest BCUT2D eigenvalue weighted by molar-refractivity contribution is 0.0991. The maximum absolute atomic E-state index is 12.6. The Balaban J connectivity index is 2.39.